The van der Waals surface area contributed by atoms with Gasteiger partial charge in [0.05, 0.1) is 4.90 Å². The molecular weight excluding hydrogens is 499 g/mol. The van der Waals surface area contributed by atoms with Crippen molar-refractivity contribution in [2.24, 2.45) is 0 Å². The lowest BCUT2D eigenvalue weighted by atomic mass is 10.1. The van der Waals surface area contributed by atoms with E-state index in [0.29, 0.717) is 12.1 Å². The summed E-state index contributed by atoms with van der Waals surface area (Å²) in [4.78, 5) is 23.7. The first-order chi connectivity index (χ1) is 17.7. The lowest BCUT2D eigenvalue weighted by Crippen LogP contribution is -2.48. The zero-order valence-electron chi connectivity index (χ0n) is 20.0. The van der Waals surface area contributed by atoms with Crippen molar-refractivity contribution in [2.75, 3.05) is 6.54 Å². The third-order valence-corrected chi connectivity index (χ3v) is 6.99. The molecule has 0 fully saturated rings. The average molecular weight is 529 g/mol. The van der Waals surface area contributed by atoms with E-state index < -0.39 is 34.3 Å². The van der Waals surface area contributed by atoms with Gasteiger partial charge in [0.25, 0.3) is 0 Å². The van der Waals surface area contributed by atoms with Crippen LogP contribution < -0.4 is 14.8 Å². The number of unbranched alkanes of at least 4 members (excludes halogenated alkanes) is 1. The van der Waals surface area contributed by atoms with Gasteiger partial charge < -0.3 is 15.2 Å². The number of hydrogen-bond donors (Lipinski definition) is 3. The summed E-state index contributed by atoms with van der Waals surface area (Å²) < 4.78 is 46.2. The predicted octanol–water partition coefficient (Wildman–Crippen LogP) is 3.47. The summed E-state index contributed by atoms with van der Waals surface area (Å²) in [6.07, 6.45) is -0.0441. The van der Waals surface area contributed by atoms with Crippen LogP contribution in [0.5, 0.6) is 5.75 Å². The molecule has 37 heavy (non-hydrogen) atoms. The van der Waals surface area contributed by atoms with Gasteiger partial charge in [0, 0.05) is 6.54 Å². The summed E-state index contributed by atoms with van der Waals surface area (Å²) in [6.45, 7) is 0.384. The molecule has 3 aromatic rings. The number of benzene rings is 3. The van der Waals surface area contributed by atoms with Crippen molar-refractivity contribution < 1.29 is 32.2 Å². The van der Waals surface area contributed by atoms with Crippen LogP contribution in [-0.4, -0.2) is 44.3 Å². The Morgan fingerprint density at radius 1 is 0.865 bits per heavy atom. The van der Waals surface area contributed by atoms with Gasteiger partial charge in [-0.25, -0.2) is 13.2 Å². The molecule has 3 aromatic carbocycles. The molecule has 0 spiro atoms. The summed E-state index contributed by atoms with van der Waals surface area (Å²) in [6, 6.07) is 22.3. The number of aliphatic carboxylic acids is 1. The van der Waals surface area contributed by atoms with E-state index in [4.69, 9.17) is 5.11 Å². The number of nitrogens with one attached hydrogen (secondary N) is 2. The molecule has 0 aliphatic rings. The van der Waals surface area contributed by atoms with E-state index in [1.807, 2.05) is 30.3 Å². The maximum Gasteiger partial charge on any atom is 0.378 e. The number of carbonyl (C=O) groups is 2. The first kappa shape index (κ1) is 27.8. The Morgan fingerprint density at radius 2 is 1.49 bits per heavy atom. The molecule has 2 unspecified atom stereocenters. The third-order valence-electron chi connectivity index (χ3n) is 5.50. The van der Waals surface area contributed by atoms with E-state index in [9.17, 15) is 22.4 Å². The summed E-state index contributed by atoms with van der Waals surface area (Å²) >= 11 is 0. The van der Waals surface area contributed by atoms with Gasteiger partial charge in [0.15, 0.2) is 0 Å². The highest BCUT2D eigenvalue weighted by atomic mass is 32.2. The quantitative estimate of drug-likeness (QED) is 0.276. The number of hydrogen-bond acceptors (Lipinski definition) is 5. The Kier molecular flexibility index (Phi) is 10.2. The van der Waals surface area contributed by atoms with Crippen LogP contribution >= 0.6 is 0 Å². The van der Waals surface area contributed by atoms with Crippen molar-refractivity contribution in [3.05, 3.63) is 96.1 Å². The van der Waals surface area contributed by atoms with Gasteiger partial charge in [-0.15, -0.1) is 0 Å². The van der Waals surface area contributed by atoms with Gasteiger partial charge >= 0.3 is 12.3 Å². The Balaban J connectivity index is 1.64. The van der Waals surface area contributed by atoms with Crippen molar-refractivity contribution in [1.29, 1.82) is 0 Å². The highest BCUT2D eigenvalue weighted by Crippen LogP contribution is 2.17. The first-order valence-corrected chi connectivity index (χ1v) is 13.2. The maximum atomic E-state index is 13.3. The standard InChI is InChI=1S/C27H29FN2O6S/c28-25(27(32)33)36-22-16-14-21(15-17-22)19-24(30-37(34,35)23-12-5-2-6-13-23)26(31)29-18-8-7-11-20-9-3-1-4-10-20/h1-6,9-10,12-17,24-25,30H,7-8,11,18-19H2,(H,29,31)(H,32,33). The fourth-order valence-electron chi connectivity index (χ4n) is 3.59. The van der Waals surface area contributed by atoms with Crippen LogP contribution in [0.1, 0.15) is 24.0 Å². The molecule has 196 valence electrons. The number of sulfonamides is 1. The molecule has 8 nitrogen and oxygen atoms in total. The Labute approximate surface area is 215 Å². The summed E-state index contributed by atoms with van der Waals surface area (Å²) in [7, 11) is -3.98. The van der Waals surface area contributed by atoms with Crippen molar-refractivity contribution in [1.82, 2.24) is 10.0 Å². The van der Waals surface area contributed by atoms with Crippen LogP contribution in [0.15, 0.2) is 89.8 Å². The lowest BCUT2D eigenvalue weighted by molar-refractivity contribution is -0.153. The summed E-state index contributed by atoms with van der Waals surface area (Å²) in [5.41, 5.74) is 1.77. The fourth-order valence-corrected chi connectivity index (χ4v) is 4.80. The van der Waals surface area contributed by atoms with Gasteiger partial charge in [-0.3, -0.25) is 4.79 Å². The minimum Gasteiger partial charge on any atom is -0.476 e. The monoisotopic (exact) mass is 528 g/mol. The second-order valence-corrected chi connectivity index (χ2v) is 10.1. The molecule has 0 radical (unpaired) electrons. The third kappa shape index (κ3) is 9.00. The van der Waals surface area contributed by atoms with Crippen LogP contribution in [0, 0.1) is 0 Å². The minimum absolute atomic E-state index is 0.0112. The first-order valence-electron chi connectivity index (χ1n) is 11.8. The van der Waals surface area contributed by atoms with E-state index in [2.05, 4.69) is 14.8 Å². The molecule has 3 rings (SSSR count). The molecule has 0 saturated heterocycles. The van der Waals surface area contributed by atoms with E-state index >= 15 is 0 Å². The Bertz CT molecular complexity index is 1260. The zero-order valence-corrected chi connectivity index (χ0v) is 20.9. The number of rotatable bonds is 14. The second kappa shape index (κ2) is 13.5. The normalized spacial score (nSPS) is 12.9. The van der Waals surface area contributed by atoms with Crippen LogP contribution in [0.3, 0.4) is 0 Å². The Hall–Kier alpha value is -3.76. The van der Waals surface area contributed by atoms with Crippen molar-refractivity contribution >= 4 is 21.9 Å². The van der Waals surface area contributed by atoms with Gasteiger partial charge in [0.1, 0.15) is 11.8 Å². The molecule has 0 aromatic heterocycles. The highest BCUT2D eigenvalue weighted by molar-refractivity contribution is 7.89. The molecule has 0 saturated carbocycles. The minimum atomic E-state index is -3.98. The van der Waals surface area contributed by atoms with Gasteiger partial charge in [-0.1, -0.05) is 60.7 Å². The molecule has 0 aliphatic heterocycles. The smallest absolute Gasteiger partial charge is 0.378 e. The molecule has 10 heteroatoms. The predicted molar refractivity (Wildman–Crippen MR) is 136 cm³/mol. The number of carbonyl (C=O) groups excluding carboxylic acids is 1. The van der Waals surface area contributed by atoms with Crippen LogP contribution in [0.25, 0.3) is 0 Å². The largest absolute Gasteiger partial charge is 0.476 e. The van der Waals surface area contributed by atoms with Gasteiger partial charge in [-0.2, -0.15) is 9.11 Å². The van der Waals surface area contributed by atoms with Crippen LogP contribution in [0.2, 0.25) is 0 Å². The fraction of sp³-hybridized carbons (Fsp3) is 0.259. The van der Waals surface area contributed by atoms with Gasteiger partial charge in [-0.05, 0) is 61.1 Å². The zero-order chi connectivity index (χ0) is 26.7. The number of ether oxygens (including phenoxy) is 1. The molecule has 0 heterocycles. The van der Waals surface area contributed by atoms with E-state index in [1.54, 1.807) is 18.2 Å². The SMILES string of the molecule is O=C(NCCCCc1ccccc1)C(Cc1ccc(OC(F)C(=O)O)cc1)NS(=O)(=O)c1ccccc1. The van der Waals surface area contributed by atoms with Crippen molar-refractivity contribution in [2.45, 2.75) is 43.0 Å². The second-order valence-electron chi connectivity index (χ2n) is 8.34. The lowest BCUT2D eigenvalue weighted by Gasteiger charge is -2.19. The average Bonchev–Trinajstić information content (AvgIpc) is 2.90. The summed E-state index contributed by atoms with van der Waals surface area (Å²) in [5, 5.41) is 11.4. The number of aryl methyl sites for hydroxylation is 1. The van der Waals surface area contributed by atoms with Crippen molar-refractivity contribution in [3.63, 3.8) is 0 Å². The van der Waals surface area contributed by atoms with E-state index in [1.165, 1.54) is 42.0 Å². The highest BCUT2D eigenvalue weighted by Gasteiger charge is 2.26. The topological polar surface area (TPSA) is 122 Å². The molecular formula is C27H29FN2O6S. The number of carboxylic acids is 1. The van der Waals surface area contributed by atoms with Crippen LogP contribution in [0.4, 0.5) is 4.39 Å². The van der Waals surface area contributed by atoms with Crippen molar-refractivity contribution in [3.8, 4) is 5.75 Å². The Morgan fingerprint density at radius 3 is 2.11 bits per heavy atom. The van der Waals surface area contributed by atoms with E-state index in [0.717, 1.165) is 19.3 Å². The number of alkyl halides is 1. The molecule has 1 amide bonds. The number of carboxylic acid groups (broad SMARTS) is 1. The molecule has 0 bridgehead atoms. The molecule has 0 aliphatic carbocycles. The van der Waals surface area contributed by atoms with Gasteiger partial charge in [0.2, 0.25) is 15.9 Å². The maximum absolute atomic E-state index is 13.3. The van der Waals surface area contributed by atoms with Crippen LogP contribution in [-0.2, 0) is 32.5 Å². The number of halogens is 1. The molecule has 3 N–H and O–H groups in total. The van der Waals surface area contributed by atoms with E-state index in [-0.39, 0.29) is 17.1 Å². The molecule has 2 atom stereocenters. The summed E-state index contributed by atoms with van der Waals surface area (Å²) in [5.74, 6) is -2.24. The number of amides is 1.